The molecular weight excluding hydrogens is 264 g/mol. The Balaban J connectivity index is 1.75. The molecule has 1 atom stereocenters. The number of piperazine rings is 1. The van der Waals surface area contributed by atoms with Crippen molar-refractivity contribution < 1.29 is 4.79 Å². The van der Waals surface area contributed by atoms with Crippen molar-refractivity contribution in [3.8, 4) is 0 Å². The van der Waals surface area contributed by atoms with E-state index in [0.29, 0.717) is 18.3 Å². The normalized spacial score (nSPS) is 18.4. The predicted molar refractivity (Wildman–Crippen MR) is 87.3 cm³/mol. The van der Waals surface area contributed by atoms with Crippen LogP contribution in [0.25, 0.3) is 0 Å². The highest BCUT2D eigenvalue weighted by atomic mass is 16.2. The highest BCUT2D eigenvalue weighted by Gasteiger charge is 2.21. The van der Waals surface area contributed by atoms with Crippen molar-refractivity contribution in [1.29, 1.82) is 0 Å². The third-order valence-corrected chi connectivity index (χ3v) is 4.18. The number of nitrogens with two attached hydrogens (primary N) is 1. The first-order chi connectivity index (χ1) is 10.1. The fraction of sp³-hybridized carbons (Fsp3) is 0.562. The van der Waals surface area contributed by atoms with E-state index in [4.69, 9.17) is 5.73 Å². The van der Waals surface area contributed by atoms with Crippen LogP contribution in [0.4, 0.5) is 11.4 Å². The van der Waals surface area contributed by atoms with Crippen LogP contribution in [0.1, 0.15) is 20.3 Å². The van der Waals surface area contributed by atoms with Gasteiger partial charge in [0, 0.05) is 43.6 Å². The lowest BCUT2D eigenvalue weighted by Crippen LogP contribution is -2.51. The van der Waals surface area contributed by atoms with Gasteiger partial charge in [-0.2, -0.15) is 0 Å². The second-order valence-electron chi connectivity index (χ2n) is 5.74. The Morgan fingerprint density at radius 3 is 2.43 bits per heavy atom. The summed E-state index contributed by atoms with van der Waals surface area (Å²) in [7, 11) is 0. The summed E-state index contributed by atoms with van der Waals surface area (Å²) < 4.78 is 0. The highest BCUT2D eigenvalue weighted by Crippen LogP contribution is 2.11. The number of carbonyl (C=O) groups excluding carboxylic acids is 1. The summed E-state index contributed by atoms with van der Waals surface area (Å²) in [4.78, 5) is 16.7. The largest absolute Gasteiger partial charge is 0.399 e. The Kier molecular flexibility index (Phi) is 5.59. The van der Waals surface area contributed by atoms with Crippen LogP contribution in [0.3, 0.4) is 0 Å². The molecule has 1 unspecified atom stereocenters. The Bertz CT molecular complexity index is 452. The van der Waals surface area contributed by atoms with Gasteiger partial charge < -0.3 is 11.1 Å². The zero-order valence-electron chi connectivity index (χ0n) is 13.0. The molecular formula is C16H26N4O. The van der Waals surface area contributed by atoms with Gasteiger partial charge in [-0.1, -0.05) is 6.92 Å². The molecule has 3 N–H and O–H groups in total. The zero-order valence-corrected chi connectivity index (χ0v) is 13.0. The fourth-order valence-corrected chi connectivity index (χ4v) is 2.59. The number of rotatable bonds is 5. The van der Waals surface area contributed by atoms with Gasteiger partial charge in [0.1, 0.15) is 0 Å². The molecule has 1 aliphatic rings. The van der Waals surface area contributed by atoms with E-state index in [9.17, 15) is 4.79 Å². The van der Waals surface area contributed by atoms with Gasteiger partial charge in [0.05, 0.1) is 6.54 Å². The van der Waals surface area contributed by atoms with Crippen molar-refractivity contribution in [2.75, 3.05) is 43.8 Å². The second kappa shape index (κ2) is 7.43. The van der Waals surface area contributed by atoms with E-state index in [1.807, 2.05) is 12.1 Å². The molecule has 1 saturated heterocycles. The number of nitrogen functional groups attached to an aromatic ring is 1. The van der Waals surface area contributed by atoms with E-state index in [2.05, 4.69) is 29.0 Å². The molecule has 0 bridgehead atoms. The van der Waals surface area contributed by atoms with Crippen molar-refractivity contribution in [2.24, 2.45) is 0 Å². The minimum atomic E-state index is 0.0387. The SMILES string of the molecule is CCC(C)N1CCN(CC(=O)Nc2ccc(N)cc2)CC1. The summed E-state index contributed by atoms with van der Waals surface area (Å²) in [6.45, 7) is 8.95. The van der Waals surface area contributed by atoms with Gasteiger partial charge in [-0.05, 0) is 37.6 Å². The monoisotopic (exact) mass is 290 g/mol. The quantitative estimate of drug-likeness (QED) is 0.809. The van der Waals surface area contributed by atoms with Crippen molar-refractivity contribution >= 4 is 17.3 Å². The summed E-state index contributed by atoms with van der Waals surface area (Å²) in [6.07, 6.45) is 1.18. The van der Waals surface area contributed by atoms with Crippen LogP contribution in [-0.4, -0.2) is 54.5 Å². The Morgan fingerprint density at radius 2 is 1.86 bits per heavy atom. The molecule has 1 aromatic rings. The third-order valence-electron chi connectivity index (χ3n) is 4.18. The number of anilines is 2. The first-order valence-electron chi connectivity index (χ1n) is 7.70. The number of benzene rings is 1. The number of carbonyl (C=O) groups is 1. The summed E-state index contributed by atoms with van der Waals surface area (Å²) in [5, 5.41) is 2.91. The molecule has 21 heavy (non-hydrogen) atoms. The van der Waals surface area contributed by atoms with Crippen LogP contribution in [0, 0.1) is 0 Å². The van der Waals surface area contributed by atoms with Gasteiger partial charge in [-0.25, -0.2) is 0 Å². The van der Waals surface area contributed by atoms with E-state index in [1.165, 1.54) is 6.42 Å². The van der Waals surface area contributed by atoms with Crippen molar-refractivity contribution in [3.63, 3.8) is 0 Å². The topological polar surface area (TPSA) is 61.6 Å². The molecule has 5 heteroatoms. The Morgan fingerprint density at radius 1 is 1.24 bits per heavy atom. The van der Waals surface area contributed by atoms with Gasteiger partial charge in [0.25, 0.3) is 0 Å². The first-order valence-corrected chi connectivity index (χ1v) is 7.70. The minimum Gasteiger partial charge on any atom is -0.399 e. The maximum absolute atomic E-state index is 12.0. The Hall–Kier alpha value is -1.59. The molecule has 1 amide bonds. The number of hydrogen-bond acceptors (Lipinski definition) is 4. The molecule has 5 nitrogen and oxygen atoms in total. The molecule has 1 aliphatic heterocycles. The number of hydrogen-bond donors (Lipinski definition) is 2. The Labute approximate surface area is 127 Å². The standard InChI is InChI=1S/C16H26N4O/c1-3-13(2)20-10-8-19(9-11-20)12-16(21)18-15-6-4-14(17)5-7-15/h4-7,13H,3,8-12,17H2,1-2H3,(H,18,21). The van der Waals surface area contributed by atoms with Gasteiger partial charge >= 0.3 is 0 Å². The summed E-state index contributed by atoms with van der Waals surface area (Å²) in [6, 6.07) is 7.87. The van der Waals surface area contributed by atoms with Gasteiger partial charge in [-0.3, -0.25) is 14.6 Å². The maximum Gasteiger partial charge on any atom is 0.238 e. The lowest BCUT2D eigenvalue weighted by molar-refractivity contribution is -0.117. The van der Waals surface area contributed by atoms with E-state index in [1.54, 1.807) is 12.1 Å². The van der Waals surface area contributed by atoms with E-state index >= 15 is 0 Å². The van der Waals surface area contributed by atoms with Crippen LogP contribution in [0.15, 0.2) is 24.3 Å². The molecule has 0 radical (unpaired) electrons. The average molecular weight is 290 g/mol. The first kappa shape index (κ1) is 15.8. The van der Waals surface area contributed by atoms with E-state index in [-0.39, 0.29) is 5.91 Å². The number of nitrogens with one attached hydrogen (secondary N) is 1. The maximum atomic E-state index is 12.0. The second-order valence-corrected chi connectivity index (χ2v) is 5.74. The summed E-state index contributed by atoms with van der Waals surface area (Å²) in [5.74, 6) is 0.0387. The lowest BCUT2D eigenvalue weighted by atomic mass is 10.2. The van der Waals surface area contributed by atoms with Gasteiger partial charge in [0.2, 0.25) is 5.91 Å². The fourth-order valence-electron chi connectivity index (χ4n) is 2.59. The molecule has 0 aromatic heterocycles. The summed E-state index contributed by atoms with van der Waals surface area (Å²) in [5.41, 5.74) is 7.13. The molecule has 0 aliphatic carbocycles. The minimum absolute atomic E-state index is 0.0387. The number of amides is 1. The van der Waals surface area contributed by atoms with Crippen LogP contribution in [0.2, 0.25) is 0 Å². The molecule has 1 fully saturated rings. The van der Waals surface area contributed by atoms with E-state index in [0.717, 1.165) is 31.9 Å². The molecule has 1 aromatic carbocycles. The smallest absolute Gasteiger partial charge is 0.238 e. The highest BCUT2D eigenvalue weighted by molar-refractivity contribution is 5.92. The van der Waals surface area contributed by atoms with Crippen LogP contribution in [0.5, 0.6) is 0 Å². The molecule has 2 rings (SSSR count). The van der Waals surface area contributed by atoms with Gasteiger partial charge in [0.15, 0.2) is 0 Å². The van der Waals surface area contributed by atoms with Crippen LogP contribution in [-0.2, 0) is 4.79 Å². The molecule has 0 saturated carbocycles. The van der Waals surface area contributed by atoms with E-state index < -0.39 is 0 Å². The predicted octanol–water partition coefficient (Wildman–Crippen LogP) is 1.62. The summed E-state index contributed by atoms with van der Waals surface area (Å²) >= 11 is 0. The third kappa shape index (κ3) is 4.72. The van der Waals surface area contributed by atoms with Crippen molar-refractivity contribution in [2.45, 2.75) is 26.3 Å². The van der Waals surface area contributed by atoms with Crippen molar-refractivity contribution in [1.82, 2.24) is 9.80 Å². The lowest BCUT2D eigenvalue weighted by Gasteiger charge is -2.37. The number of nitrogens with zero attached hydrogens (tertiary/aromatic N) is 2. The zero-order chi connectivity index (χ0) is 15.2. The van der Waals surface area contributed by atoms with Crippen LogP contribution < -0.4 is 11.1 Å². The molecule has 0 spiro atoms. The average Bonchev–Trinajstić information content (AvgIpc) is 2.49. The molecule has 1 heterocycles. The van der Waals surface area contributed by atoms with Crippen molar-refractivity contribution in [3.05, 3.63) is 24.3 Å². The van der Waals surface area contributed by atoms with Crippen LogP contribution >= 0.6 is 0 Å². The molecule has 116 valence electrons. The van der Waals surface area contributed by atoms with Gasteiger partial charge in [-0.15, -0.1) is 0 Å².